The lowest BCUT2D eigenvalue weighted by atomic mass is 9.67. The van der Waals surface area contributed by atoms with Crippen molar-refractivity contribution in [2.75, 3.05) is 95.4 Å². The lowest BCUT2D eigenvalue weighted by molar-refractivity contribution is -0.149. The smallest absolute Gasteiger partial charge is 0.259 e. The van der Waals surface area contributed by atoms with Gasteiger partial charge in [0.15, 0.2) is 0 Å². The molecule has 111 heavy (non-hydrogen) atoms. The molecule has 3 saturated heterocycles. The summed E-state index contributed by atoms with van der Waals surface area (Å²) in [5.74, 6) is -0.274. The minimum atomic E-state index is -0.731. The fourth-order valence-electron chi connectivity index (χ4n) is 15.9. The second kappa shape index (κ2) is 30.1. The summed E-state index contributed by atoms with van der Waals surface area (Å²) >= 11 is 0. The molecule has 28 heteroatoms. The highest BCUT2D eigenvalue weighted by molar-refractivity contribution is 5.98. The second-order valence-electron chi connectivity index (χ2n) is 29.8. The molecule has 566 valence electrons. The molecule has 25 nitrogen and oxygen atoms in total. The Morgan fingerprint density at radius 2 is 1.06 bits per heavy atom. The van der Waals surface area contributed by atoms with Gasteiger partial charge in [-0.15, -0.1) is 0 Å². The van der Waals surface area contributed by atoms with Gasteiger partial charge in [0.2, 0.25) is 5.91 Å². The number of nitrogens with zero attached hydrogens (tertiary/aromatic N) is 9. The maximum atomic E-state index is 16.4. The van der Waals surface area contributed by atoms with E-state index in [-0.39, 0.29) is 69.1 Å². The van der Waals surface area contributed by atoms with Crippen LogP contribution in [0.1, 0.15) is 69.4 Å². The third-order valence-corrected chi connectivity index (χ3v) is 22.3. The molecule has 2 aliphatic carbocycles. The molecule has 9 aromatic heterocycles. The highest BCUT2D eigenvalue weighted by Gasteiger charge is 2.48. The maximum Gasteiger partial charge on any atom is 0.259 e. The largest absolute Gasteiger partial charge is 0.393 e. The molecule has 12 heterocycles. The lowest BCUT2D eigenvalue weighted by Gasteiger charge is -2.45. The van der Waals surface area contributed by atoms with Gasteiger partial charge < -0.3 is 76.7 Å². The molecule has 1 atom stereocenters. The summed E-state index contributed by atoms with van der Waals surface area (Å²) in [6, 6.07) is 36.0. The van der Waals surface area contributed by atoms with Crippen LogP contribution in [0.25, 0.3) is 66.5 Å². The Labute approximate surface area is 635 Å². The summed E-state index contributed by atoms with van der Waals surface area (Å²) in [7, 11) is 1.91. The van der Waals surface area contributed by atoms with Crippen molar-refractivity contribution in [1.82, 2.24) is 60.8 Å². The van der Waals surface area contributed by atoms with E-state index in [1.54, 1.807) is 79.3 Å². The highest BCUT2D eigenvalue weighted by atomic mass is 19.1. The van der Waals surface area contributed by atoms with Crippen LogP contribution in [-0.4, -0.2) is 140 Å². The maximum absolute atomic E-state index is 16.4. The van der Waals surface area contributed by atoms with Crippen molar-refractivity contribution in [1.29, 1.82) is 0 Å². The zero-order valence-corrected chi connectivity index (χ0v) is 61.1. The number of carbonyl (C=O) groups is 1. The number of H-pyrrole nitrogens is 3. The van der Waals surface area contributed by atoms with Gasteiger partial charge >= 0.3 is 0 Å². The van der Waals surface area contributed by atoms with Crippen molar-refractivity contribution < 1.29 is 27.8 Å². The van der Waals surface area contributed by atoms with E-state index in [2.05, 4.69) is 71.9 Å². The first-order valence-electron chi connectivity index (χ1n) is 37.6. The predicted molar refractivity (Wildman–Crippen MR) is 425 cm³/mol. The van der Waals surface area contributed by atoms with Crippen LogP contribution in [0, 0.1) is 22.9 Å². The van der Waals surface area contributed by atoms with Gasteiger partial charge in [0.05, 0.1) is 126 Å². The van der Waals surface area contributed by atoms with E-state index in [0.29, 0.717) is 136 Å². The Morgan fingerprint density at radius 1 is 0.559 bits per heavy atom. The molecule has 12 aromatic rings. The standard InChI is InChI=1S/C83H82F3N19O6/c1-82(39-56(40-82)111-55-20-30-104(31-21-55)52-7-13-73(94-44-52)102-71-38-68(99-65-17-26-92-80(109)77(65)71)59-34-48(4-11-61(59)85)83(87-2)22-23-83)81(110)96-49-5-9-57(62(86)35-49)66-36-69(75-63(97-66)15-24-90-78(75)107)100-74-14-8-53(45-95-74)105-32-27-89-50(46-105)42-88-41-47-3-10-60(84)58(33-47)67-37-70(76-64(98-67)16-25-91-79(76)108)101-72-12-6-51(43-93-72)103-28-18-54(106)19-29-103/h3-17,24-26,33-38,43-45,50,54-56,87-89,106H,18-23,27-32,39-42,46H2,1-2H3,(H,90,107)(H,91,108)(H,92,109)(H,96,110)(H,93,98,101)(H,94,99,102)(H,95,97,100). The van der Waals surface area contributed by atoms with Gasteiger partial charge in [-0.2, -0.15) is 0 Å². The van der Waals surface area contributed by atoms with Gasteiger partial charge in [0, 0.05) is 111 Å². The average molecular weight is 1500 g/mol. The van der Waals surface area contributed by atoms with Crippen LogP contribution in [0.2, 0.25) is 0 Å². The predicted octanol–water partition coefficient (Wildman–Crippen LogP) is 11.8. The van der Waals surface area contributed by atoms with E-state index in [0.717, 1.165) is 86.6 Å². The first-order valence-corrected chi connectivity index (χ1v) is 37.6. The Kier molecular flexibility index (Phi) is 19.5. The number of aromatic nitrogens is 9. The van der Waals surface area contributed by atoms with Crippen LogP contribution in [-0.2, 0) is 21.6 Å². The third kappa shape index (κ3) is 15.1. The number of fused-ring (bicyclic) bond motifs is 3. The zero-order valence-electron chi connectivity index (χ0n) is 61.1. The minimum absolute atomic E-state index is 0.000805. The molecule has 2 saturated carbocycles. The monoisotopic (exact) mass is 1500 g/mol. The van der Waals surface area contributed by atoms with Crippen molar-refractivity contribution in [3.05, 3.63) is 224 Å². The summed E-state index contributed by atoms with van der Waals surface area (Å²) in [6.45, 7) is 7.94. The van der Waals surface area contributed by atoms with Gasteiger partial charge in [0.25, 0.3) is 16.7 Å². The average Bonchev–Trinajstić information content (AvgIpc) is 1.70. The number of aromatic amines is 3. The first kappa shape index (κ1) is 71.9. The van der Waals surface area contributed by atoms with E-state index >= 15 is 13.2 Å². The van der Waals surface area contributed by atoms with Crippen molar-refractivity contribution in [2.24, 2.45) is 5.41 Å². The van der Waals surface area contributed by atoms with Gasteiger partial charge in [-0.25, -0.2) is 43.1 Å². The van der Waals surface area contributed by atoms with Crippen LogP contribution < -0.4 is 68.6 Å². The number of hydrogen-bond acceptors (Lipinski definition) is 21. The van der Waals surface area contributed by atoms with Gasteiger partial charge in [-0.3, -0.25) is 19.2 Å². The summed E-state index contributed by atoms with van der Waals surface area (Å²) < 4.78 is 54.3. The summed E-state index contributed by atoms with van der Waals surface area (Å²) in [5.41, 5.74) is 7.07. The SMILES string of the molecule is CNC1(c2ccc(F)c(-c3cc(Nc4ccc(N5CCC(OC6CC(C)(C(=O)Nc7ccc(-c8cc(Nc9ccc(N%10CCNC(CNCc%11ccc(F)c(-c%12cc(Nc%13ccc(N%14CCC(O)CC%14)cn%13)c%13c(=O)[nH]ccc%13n%12)c%11)C%10)cn9)c9c(=O)[nH]ccc9n8)c(F)c7)C6)CC5)cn4)c4c(=O)[nH]ccc4n3)c2)CC1. The third-order valence-electron chi connectivity index (χ3n) is 22.3. The number of aliphatic hydroxyl groups is 1. The summed E-state index contributed by atoms with van der Waals surface area (Å²) in [4.78, 5) is 96.9. The van der Waals surface area contributed by atoms with Crippen molar-refractivity contribution >= 4 is 95.9 Å². The first-order chi connectivity index (χ1) is 53.9. The van der Waals surface area contributed by atoms with Crippen LogP contribution >= 0.6 is 0 Å². The number of ether oxygens (including phenoxy) is 1. The van der Waals surface area contributed by atoms with Crippen molar-refractivity contribution in [3.8, 4) is 33.8 Å². The van der Waals surface area contributed by atoms with E-state index in [4.69, 9.17) is 29.7 Å². The number of halogens is 3. The van der Waals surface area contributed by atoms with Crippen LogP contribution in [0.4, 0.5) is 70.4 Å². The van der Waals surface area contributed by atoms with Crippen LogP contribution in [0.15, 0.2) is 179 Å². The quantitative estimate of drug-likeness (QED) is 0.0300. The topological polar surface area (TPSA) is 316 Å². The Balaban J connectivity index is 0.485. The number of carbonyl (C=O) groups excluding carboxylic acids is 1. The van der Waals surface area contributed by atoms with Gasteiger partial charge in [0.1, 0.15) is 34.9 Å². The number of anilines is 10. The van der Waals surface area contributed by atoms with Gasteiger partial charge in [-0.1, -0.05) is 19.1 Å². The van der Waals surface area contributed by atoms with Crippen molar-refractivity contribution in [3.63, 3.8) is 0 Å². The second-order valence-corrected chi connectivity index (χ2v) is 29.8. The molecule has 0 spiro atoms. The number of hydrogen-bond donors (Lipinski definition) is 11. The fourth-order valence-corrected chi connectivity index (χ4v) is 15.9. The molecule has 5 fully saturated rings. The zero-order chi connectivity index (χ0) is 76.1. The molecule has 1 unspecified atom stereocenters. The Morgan fingerprint density at radius 3 is 1.57 bits per heavy atom. The van der Waals surface area contributed by atoms with Crippen LogP contribution in [0.3, 0.4) is 0 Å². The molecule has 1 amide bonds. The van der Waals surface area contributed by atoms with Gasteiger partial charge in [-0.05, 0) is 185 Å². The number of pyridine rings is 9. The number of amides is 1. The summed E-state index contributed by atoms with van der Waals surface area (Å²) in [6.07, 6.45) is 15.3. The fraction of sp³-hybridized carbons (Fsp3) is 0.301. The Bertz CT molecular complexity index is 5710. The van der Waals surface area contributed by atoms with E-state index in [1.807, 2.05) is 62.5 Å². The molecular formula is C83H82F3N19O6. The number of aliphatic hydroxyl groups excluding tert-OH is 1. The number of benzene rings is 3. The molecule has 11 N–H and O–H groups in total. The normalized spacial score (nSPS) is 18.6. The molecular weight excluding hydrogens is 1420 g/mol. The molecule has 0 bridgehead atoms. The van der Waals surface area contributed by atoms with Crippen molar-refractivity contribution in [2.45, 2.75) is 94.7 Å². The molecule has 0 radical (unpaired) electrons. The number of rotatable bonds is 22. The number of piperidine rings is 2. The molecule has 3 aliphatic heterocycles. The highest BCUT2D eigenvalue weighted by Crippen LogP contribution is 2.48. The Hall–Kier alpha value is -12.0. The van der Waals surface area contributed by atoms with E-state index in [1.165, 1.54) is 36.8 Å². The molecule has 3 aromatic carbocycles. The number of piperazine rings is 1. The molecule has 5 aliphatic rings. The lowest BCUT2D eigenvalue weighted by Crippen LogP contribution is -2.54. The van der Waals surface area contributed by atoms with Crippen LogP contribution in [0.5, 0.6) is 0 Å². The number of nitrogens with one attached hydrogen (secondary N) is 10. The summed E-state index contributed by atoms with van der Waals surface area (Å²) in [5, 5.41) is 34.3. The minimum Gasteiger partial charge on any atom is -0.393 e. The van der Waals surface area contributed by atoms with E-state index in [9.17, 15) is 24.3 Å². The molecule has 17 rings (SSSR count). The van der Waals surface area contributed by atoms with E-state index < -0.39 is 28.4 Å².